The number of aryl methyl sites for hydroxylation is 1. The second-order valence-corrected chi connectivity index (χ2v) is 8.08. The van der Waals surface area contributed by atoms with Gasteiger partial charge < -0.3 is 5.32 Å². The zero-order valence-electron chi connectivity index (χ0n) is 14.7. The van der Waals surface area contributed by atoms with Gasteiger partial charge in [0.05, 0.1) is 16.9 Å². The van der Waals surface area contributed by atoms with Crippen LogP contribution in [-0.4, -0.2) is 21.2 Å². The summed E-state index contributed by atoms with van der Waals surface area (Å²) in [6.45, 7) is 1.69. The number of aromatic nitrogens is 2. The minimum absolute atomic E-state index is 0.0535. The summed E-state index contributed by atoms with van der Waals surface area (Å²) in [6, 6.07) is 12.8. The SMILES string of the molecule is Cc1nc2ccccc2c(=O)n1CC(=O)N[C@H]1CCSc2ccc(Cl)cc21. The quantitative estimate of drug-likeness (QED) is 0.729. The second kappa shape index (κ2) is 7.37. The Morgan fingerprint density at radius 1 is 1.33 bits per heavy atom. The molecule has 0 unspecified atom stereocenters. The highest BCUT2D eigenvalue weighted by atomic mass is 35.5. The molecule has 0 bridgehead atoms. The van der Waals surface area contributed by atoms with E-state index in [0.29, 0.717) is 21.7 Å². The van der Waals surface area contributed by atoms with Crippen LogP contribution < -0.4 is 10.9 Å². The first-order valence-electron chi connectivity index (χ1n) is 8.71. The Bertz CT molecular complexity index is 1100. The number of carbonyl (C=O) groups excluding carboxylic acids is 1. The summed E-state index contributed by atoms with van der Waals surface area (Å²) < 4.78 is 1.42. The van der Waals surface area contributed by atoms with E-state index in [9.17, 15) is 9.59 Å². The number of amides is 1. The number of nitrogens with zero attached hydrogens (tertiary/aromatic N) is 2. The van der Waals surface area contributed by atoms with E-state index in [-0.39, 0.29) is 24.1 Å². The van der Waals surface area contributed by atoms with E-state index in [1.54, 1.807) is 36.9 Å². The minimum Gasteiger partial charge on any atom is -0.348 e. The number of rotatable bonds is 3. The maximum absolute atomic E-state index is 12.7. The molecular formula is C20H18ClN3O2S. The zero-order valence-corrected chi connectivity index (χ0v) is 16.3. The molecule has 1 atom stereocenters. The predicted molar refractivity (Wildman–Crippen MR) is 108 cm³/mol. The molecule has 4 rings (SSSR count). The molecule has 0 saturated heterocycles. The summed E-state index contributed by atoms with van der Waals surface area (Å²) in [7, 11) is 0. The molecule has 0 spiro atoms. The monoisotopic (exact) mass is 399 g/mol. The fourth-order valence-electron chi connectivity index (χ4n) is 3.36. The molecule has 0 aliphatic carbocycles. The molecule has 5 nitrogen and oxygen atoms in total. The lowest BCUT2D eigenvalue weighted by Gasteiger charge is -2.26. The van der Waals surface area contributed by atoms with E-state index < -0.39 is 0 Å². The summed E-state index contributed by atoms with van der Waals surface area (Å²) in [6.07, 6.45) is 0.827. The minimum atomic E-state index is -0.208. The summed E-state index contributed by atoms with van der Waals surface area (Å²) in [5, 5.41) is 4.22. The Kier molecular flexibility index (Phi) is 4.93. The molecule has 0 radical (unpaired) electrons. The van der Waals surface area contributed by atoms with Gasteiger partial charge in [-0.1, -0.05) is 23.7 Å². The third-order valence-corrected chi connectivity index (χ3v) is 6.06. The average molecular weight is 400 g/mol. The number of halogens is 1. The van der Waals surface area contributed by atoms with E-state index in [1.807, 2.05) is 24.3 Å². The number of fused-ring (bicyclic) bond motifs is 2. The highest BCUT2D eigenvalue weighted by molar-refractivity contribution is 7.99. The van der Waals surface area contributed by atoms with Crippen molar-refractivity contribution in [3.8, 4) is 0 Å². The van der Waals surface area contributed by atoms with E-state index in [2.05, 4.69) is 10.3 Å². The normalized spacial score (nSPS) is 16.1. The average Bonchev–Trinajstić information content (AvgIpc) is 2.65. The molecule has 2 aromatic carbocycles. The number of nitrogens with one attached hydrogen (secondary N) is 1. The Hall–Kier alpha value is -2.31. The number of thioether (sulfide) groups is 1. The van der Waals surface area contributed by atoms with Crippen LogP contribution in [0.25, 0.3) is 10.9 Å². The molecule has 1 N–H and O–H groups in total. The fraction of sp³-hybridized carbons (Fsp3) is 0.250. The van der Waals surface area contributed by atoms with Crippen molar-refractivity contribution >= 4 is 40.2 Å². The lowest BCUT2D eigenvalue weighted by Crippen LogP contribution is -2.37. The Balaban J connectivity index is 1.59. The molecular weight excluding hydrogens is 382 g/mol. The first-order valence-corrected chi connectivity index (χ1v) is 10.1. The number of hydrogen-bond acceptors (Lipinski definition) is 4. The van der Waals surface area contributed by atoms with Gasteiger partial charge in [0, 0.05) is 15.7 Å². The maximum Gasteiger partial charge on any atom is 0.261 e. The lowest BCUT2D eigenvalue weighted by atomic mass is 10.0. The van der Waals surface area contributed by atoms with Gasteiger partial charge in [0.2, 0.25) is 5.91 Å². The summed E-state index contributed by atoms with van der Waals surface area (Å²) in [5.41, 5.74) is 1.48. The molecule has 1 aromatic heterocycles. The molecule has 0 saturated carbocycles. The Labute approximate surface area is 165 Å². The van der Waals surface area contributed by atoms with E-state index in [0.717, 1.165) is 22.6 Å². The van der Waals surface area contributed by atoms with E-state index in [1.165, 1.54) is 4.57 Å². The van der Waals surface area contributed by atoms with Crippen molar-refractivity contribution in [3.05, 3.63) is 69.2 Å². The highest BCUT2D eigenvalue weighted by Gasteiger charge is 2.23. The van der Waals surface area contributed by atoms with Gasteiger partial charge >= 0.3 is 0 Å². The molecule has 138 valence electrons. The van der Waals surface area contributed by atoms with Crippen LogP contribution in [0.3, 0.4) is 0 Å². The molecule has 2 heterocycles. The zero-order chi connectivity index (χ0) is 19.0. The predicted octanol–water partition coefficient (Wildman–Crippen LogP) is 3.71. The largest absolute Gasteiger partial charge is 0.348 e. The van der Waals surface area contributed by atoms with E-state index >= 15 is 0 Å². The summed E-state index contributed by atoms with van der Waals surface area (Å²) in [5.74, 6) is 1.24. The molecule has 3 aromatic rings. The van der Waals surface area contributed by atoms with Crippen LogP contribution in [0.1, 0.15) is 23.9 Å². The van der Waals surface area contributed by atoms with Crippen molar-refractivity contribution in [1.29, 1.82) is 0 Å². The molecule has 1 aliphatic rings. The maximum atomic E-state index is 12.7. The van der Waals surface area contributed by atoms with Crippen molar-refractivity contribution in [2.45, 2.75) is 30.8 Å². The molecule has 7 heteroatoms. The van der Waals surface area contributed by atoms with Gasteiger partial charge in [-0.25, -0.2) is 4.98 Å². The van der Waals surface area contributed by atoms with Crippen LogP contribution in [0.15, 0.2) is 52.2 Å². The molecule has 27 heavy (non-hydrogen) atoms. The topological polar surface area (TPSA) is 64.0 Å². The molecule has 1 amide bonds. The first-order chi connectivity index (χ1) is 13.0. The third kappa shape index (κ3) is 3.59. The Morgan fingerprint density at radius 3 is 3.00 bits per heavy atom. The van der Waals surface area contributed by atoms with Crippen molar-refractivity contribution in [2.24, 2.45) is 0 Å². The van der Waals surface area contributed by atoms with Crippen LogP contribution >= 0.6 is 23.4 Å². The number of benzene rings is 2. The molecule has 0 fully saturated rings. The van der Waals surface area contributed by atoms with Gasteiger partial charge in [0.1, 0.15) is 12.4 Å². The van der Waals surface area contributed by atoms with Crippen molar-refractivity contribution in [2.75, 3.05) is 5.75 Å². The Morgan fingerprint density at radius 2 is 2.15 bits per heavy atom. The van der Waals surface area contributed by atoms with Gasteiger partial charge in [0.25, 0.3) is 5.56 Å². The van der Waals surface area contributed by atoms with Crippen LogP contribution in [0.4, 0.5) is 0 Å². The summed E-state index contributed by atoms with van der Waals surface area (Å²) >= 11 is 7.89. The molecule has 1 aliphatic heterocycles. The van der Waals surface area contributed by atoms with Gasteiger partial charge in [-0.15, -0.1) is 11.8 Å². The fourth-order valence-corrected chi connectivity index (χ4v) is 4.65. The third-order valence-electron chi connectivity index (χ3n) is 4.70. The van der Waals surface area contributed by atoms with Gasteiger partial charge in [-0.3, -0.25) is 14.2 Å². The smallest absolute Gasteiger partial charge is 0.261 e. The van der Waals surface area contributed by atoms with Crippen molar-refractivity contribution in [1.82, 2.24) is 14.9 Å². The van der Waals surface area contributed by atoms with Gasteiger partial charge in [-0.05, 0) is 49.2 Å². The lowest BCUT2D eigenvalue weighted by molar-refractivity contribution is -0.122. The first kappa shape index (κ1) is 18.1. The second-order valence-electron chi connectivity index (χ2n) is 6.51. The number of hydrogen-bond donors (Lipinski definition) is 1. The summed E-state index contributed by atoms with van der Waals surface area (Å²) in [4.78, 5) is 31.0. The number of para-hydroxylation sites is 1. The highest BCUT2D eigenvalue weighted by Crippen LogP contribution is 2.37. The van der Waals surface area contributed by atoms with Gasteiger partial charge in [0.15, 0.2) is 0 Å². The van der Waals surface area contributed by atoms with E-state index in [4.69, 9.17) is 11.6 Å². The van der Waals surface area contributed by atoms with Crippen LogP contribution in [0.5, 0.6) is 0 Å². The standard InChI is InChI=1S/C20H18ClN3O2S/c1-12-22-16-5-3-2-4-14(16)20(26)24(12)11-19(25)23-17-8-9-27-18-7-6-13(21)10-15(17)18/h2-7,10,17H,8-9,11H2,1H3,(H,23,25)/t17-/m0/s1. The van der Waals surface area contributed by atoms with Crippen molar-refractivity contribution < 1.29 is 4.79 Å². The van der Waals surface area contributed by atoms with Crippen LogP contribution in [0.2, 0.25) is 5.02 Å². The van der Waals surface area contributed by atoms with Gasteiger partial charge in [-0.2, -0.15) is 0 Å². The van der Waals surface area contributed by atoms with Crippen molar-refractivity contribution in [3.63, 3.8) is 0 Å². The number of carbonyl (C=O) groups is 1. The van der Waals surface area contributed by atoms with Crippen LogP contribution in [-0.2, 0) is 11.3 Å². The van der Waals surface area contributed by atoms with Crippen LogP contribution in [0, 0.1) is 6.92 Å².